The van der Waals surface area contributed by atoms with E-state index in [1.54, 1.807) is 0 Å². The van der Waals surface area contributed by atoms with E-state index in [4.69, 9.17) is 0 Å². The molecule has 2 rings (SSSR count). The zero-order valence-corrected chi connectivity index (χ0v) is 8.57. The van der Waals surface area contributed by atoms with Gasteiger partial charge in [0.05, 0.1) is 5.69 Å². The normalized spacial score (nSPS) is 10.7. The second-order valence-electron chi connectivity index (χ2n) is 3.30. The molecular formula is C10H12N2S. The SMILES string of the molecule is Cc1cc2[nH]cc(NS)c2cc1C. The lowest BCUT2D eigenvalue weighted by atomic mass is 10.1. The van der Waals surface area contributed by atoms with Crippen molar-refractivity contribution in [2.75, 3.05) is 4.72 Å². The first-order chi connectivity index (χ1) is 6.22. The molecule has 0 spiro atoms. The number of aromatic amines is 1. The second kappa shape index (κ2) is 3.00. The third-order valence-electron chi connectivity index (χ3n) is 2.42. The highest BCUT2D eigenvalue weighted by Crippen LogP contribution is 2.26. The molecule has 0 aliphatic rings. The molecule has 2 N–H and O–H groups in total. The molecule has 0 aliphatic heterocycles. The van der Waals surface area contributed by atoms with Crippen LogP contribution in [-0.2, 0) is 0 Å². The average molecular weight is 192 g/mol. The maximum atomic E-state index is 4.04. The zero-order valence-electron chi connectivity index (χ0n) is 7.68. The van der Waals surface area contributed by atoms with Gasteiger partial charge in [0.1, 0.15) is 0 Å². The Labute approximate surface area is 82.9 Å². The third-order valence-corrected chi connectivity index (χ3v) is 2.66. The van der Waals surface area contributed by atoms with Crippen LogP contribution in [0.4, 0.5) is 5.69 Å². The smallest absolute Gasteiger partial charge is 0.0695 e. The molecule has 0 saturated carbocycles. The van der Waals surface area contributed by atoms with Crippen molar-refractivity contribution >= 4 is 29.4 Å². The minimum absolute atomic E-state index is 1.03. The molecule has 1 aromatic heterocycles. The van der Waals surface area contributed by atoms with E-state index >= 15 is 0 Å². The number of H-pyrrole nitrogens is 1. The zero-order chi connectivity index (χ0) is 9.42. The number of rotatable bonds is 1. The van der Waals surface area contributed by atoms with Crippen molar-refractivity contribution in [2.45, 2.75) is 13.8 Å². The van der Waals surface area contributed by atoms with Crippen LogP contribution in [0.2, 0.25) is 0 Å². The van der Waals surface area contributed by atoms with Gasteiger partial charge < -0.3 is 9.71 Å². The van der Waals surface area contributed by atoms with Crippen LogP contribution < -0.4 is 4.72 Å². The van der Waals surface area contributed by atoms with Gasteiger partial charge in [-0.2, -0.15) is 0 Å². The van der Waals surface area contributed by atoms with Gasteiger partial charge in [-0.05, 0) is 37.1 Å². The molecule has 3 heteroatoms. The van der Waals surface area contributed by atoms with Crippen LogP contribution in [0.25, 0.3) is 10.9 Å². The van der Waals surface area contributed by atoms with E-state index in [1.807, 2.05) is 6.20 Å². The summed E-state index contributed by atoms with van der Waals surface area (Å²) >= 11 is 4.04. The molecule has 0 bridgehead atoms. The number of aromatic nitrogens is 1. The van der Waals surface area contributed by atoms with E-state index in [0.717, 1.165) is 11.2 Å². The Bertz CT molecular complexity index is 445. The number of fused-ring (bicyclic) bond motifs is 1. The number of anilines is 1. The summed E-state index contributed by atoms with van der Waals surface area (Å²) < 4.78 is 2.86. The Hall–Kier alpha value is -1.09. The number of hydrogen-bond donors (Lipinski definition) is 3. The molecule has 2 nitrogen and oxygen atoms in total. The van der Waals surface area contributed by atoms with Gasteiger partial charge in [0.25, 0.3) is 0 Å². The number of hydrogen-bond acceptors (Lipinski definition) is 2. The second-order valence-corrected chi connectivity index (χ2v) is 3.52. The van der Waals surface area contributed by atoms with Gasteiger partial charge in [-0.1, -0.05) is 12.8 Å². The first-order valence-corrected chi connectivity index (χ1v) is 4.65. The highest BCUT2D eigenvalue weighted by atomic mass is 32.1. The summed E-state index contributed by atoms with van der Waals surface area (Å²) in [6.45, 7) is 4.23. The van der Waals surface area contributed by atoms with E-state index < -0.39 is 0 Å². The van der Waals surface area contributed by atoms with E-state index in [9.17, 15) is 0 Å². The predicted octanol–water partition coefficient (Wildman–Crippen LogP) is 3.04. The van der Waals surface area contributed by atoms with Crippen LogP contribution in [0.3, 0.4) is 0 Å². The molecule has 0 saturated heterocycles. The van der Waals surface area contributed by atoms with Crippen molar-refractivity contribution in [1.29, 1.82) is 0 Å². The lowest BCUT2D eigenvalue weighted by Crippen LogP contribution is -1.81. The van der Waals surface area contributed by atoms with Gasteiger partial charge in [0, 0.05) is 17.1 Å². The minimum atomic E-state index is 1.03. The summed E-state index contributed by atoms with van der Waals surface area (Å²) in [6.07, 6.45) is 1.93. The van der Waals surface area contributed by atoms with Gasteiger partial charge >= 0.3 is 0 Å². The van der Waals surface area contributed by atoms with Gasteiger partial charge in [-0.25, -0.2) is 0 Å². The fraction of sp³-hybridized carbons (Fsp3) is 0.200. The first kappa shape index (κ1) is 8.51. The van der Waals surface area contributed by atoms with Crippen molar-refractivity contribution in [3.8, 4) is 0 Å². The molecule has 0 aliphatic carbocycles. The van der Waals surface area contributed by atoms with Crippen LogP contribution in [0.15, 0.2) is 18.3 Å². The molecule has 0 atom stereocenters. The monoisotopic (exact) mass is 192 g/mol. The quantitative estimate of drug-likeness (QED) is 0.595. The summed E-state index contributed by atoms with van der Waals surface area (Å²) in [5.41, 5.74) is 4.79. The lowest BCUT2D eigenvalue weighted by Gasteiger charge is -2.01. The lowest BCUT2D eigenvalue weighted by molar-refractivity contribution is 1.35. The largest absolute Gasteiger partial charge is 0.359 e. The van der Waals surface area contributed by atoms with Gasteiger partial charge in [0.15, 0.2) is 0 Å². The van der Waals surface area contributed by atoms with Gasteiger partial charge in [-0.15, -0.1) is 0 Å². The fourth-order valence-electron chi connectivity index (χ4n) is 1.48. The number of nitrogens with one attached hydrogen (secondary N) is 2. The number of benzene rings is 1. The third kappa shape index (κ3) is 1.29. The Morgan fingerprint density at radius 3 is 2.62 bits per heavy atom. The average Bonchev–Trinajstić information content (AvgIpc) is 2.48. The van der Waals surface area contributed by atoms with E-state index in [1.165, 1.54) is 16.5 Å². The highest BCUT2D eigenvalue weighted by Gasteiger charge is 2.03. The molecular weight excluding hydrogens is 180 g/mol. The van der Waals surface area contributed by atoms with Crippen LogP contribution in [-0.4, -0.2) is 4.98 Å². The maximum absolute atomic E-state index is 4.04. The van der Waals surface area contributed by atoms with Crippen LogP contribution in [0.5, 0.6) is 0 Å². The molecule has 0 unspecified atom stereocenters. The molecule has 1 aromatic carbocycles. The molecule has 0 radical (unpaired) electrons. The van der Waals surface area contributed by atoms with Crippen LogP contribution >= 0.6 is 12.8 Å². The summed E-state index contributed by atoms with van der Waals surface area (Å²) in [5.74, 6) is 0. The van der Waals surface area contributed by atoms with Crippen LogP contribution in [0.1, 0.15) is 11.1 Å². The first-order valence-electron chi connectivity index (χ1n) is 4.21. The number of aryl methyl sites for hydroxylation is 2. The molecule has 68 valence electrons. The molecule has 0 fully saturated rings. The standard InChI is InChI=1S/C10H12N2S/c1-6-3-8-9(4-7(6)2)11-5-10(8)12-13/h3-5,11-13H,1-2H3. The van der Waals surface area contributed by atoms with Crippen molar-refractivity contribution in [2.24, 2.45) is 0 Å². The Morgan fingerprint density at radius 2 is 1.92 bits per heavy atom. The van der Waals surface area contributed by atoms with Crippen molar-refractivity contribution in [3.05, 3.63) is 29.5 Å². The molecule has 1 heterocycles. The fourth-order valence-corrected chi connectivity index (χ4v) is 1.66. The maximum Gasteiger partial charge on any atom is 0.0695 e. The van der Waals surface area contributed by atoms with E-state index in [2.05, 4.69) is 48.5 Å². The minimum Gasteiger partial charge on any atom is -0.359 e. The molecule has 2 aromatic rings. The van der Waals surface area contributed by atoms with Crippen molar-refractivity contribution in [3.63, 3.8) is 0 Å². The summed E-state index contributed by atoms with van der Waals surface area (Å²) in [7, 11) is 0. The number of thiol groups is 1. The van der Waals surface area contributed by atoms with Gasteiger partial charge in [-0.3, -0.25) is 0 Å². The highest BCUT2D eigenvalue weighted by molar-refractivity contribution is 7.81. The summed E-state index contributed by atoms with van der Waals surface area (Å²) in [6, 6.07) is 4.32. The van der Waals surface area contributed by atoms with Gasteiger partial charge in [0.2, 0.25) is 0 Å². The van der Waals surface area contributed by atoms with Crippen molar-refractivity contribution in [1.82, 2.24) is 4.98 Å². The Kier molecular flexibility index (Phi) is 1.96. The Morgan fingerprint density at radius 1 is 1.23 bits per heavy atom. The molecule has 13 heavy (non-hydrogen) atoms. The van der Waals surface area contributed by atoms with E-state index in [0.29, 0.717) is 0 Å². The summed E-state index contributed by atoms with van der Waals surface area (Å²) in [4.78, 5) is 3.20. The topological polar surface area (TPSA) is 27.8 Å². The Balaban J connectivity index is 2.77. The summed E-state index contributed by atoms with van der Waals surface area (Å²) in [5, 5.41) is 1.19. The van der Waals surface area contributed by atoms with Crippen molar-refractivity contribution < 1.29 is 0 Å². The predicted molar refractivity (Wildman–Crippen MR) is 60.4 cm³/mol. The molecule has 0 amide bonds. The van der Waals surface area contributed by atoms with E-state index in [-0.39, 0.29) is 0 Å². The van der Waals surface area contributed by atoms with Crippen LogP contribution in [0, 0.1) is 13.8 Å².